The third-order valence-corrected chi connectivity index (χ3v) is 5.95. The molecule has 2 amide bonds. The predicted octanol–water partition coefficient (Wildman–Crippen LogP) is 4.34. The number of rotatable bonds is 5. The molecule has 6 nitrogen and oxygen atoms in total. The van der Waals surface area contributed by atoms with Crippen molar-refractivity contribution in [3.05, 3.63) is 64.7 Å². The topological polar surface area (TPSA) is 72.9 Å². The van der Waals surface area contributed by atoms with E-state index in [9.17, 15) is 14.4 Å². The molecule has 0 N–H and O–H groups in total. The normalized spacial score (nSPS) is 20.4. The maximum atomic E-state index is 13.1. The van der Waals surface area contributed by atoms with Crippen LogP contribution in [0.15, 0.2) is 54.1 Å². The number of ether oxygens (including phenoxy) is 2. The third kappa shape index (κ3) is 4.21. The van der Waals surface area contributed by atoms with Gasteiger partial charge in [0.25, 0.3) is 0 Å². The van der Waals surface area contributed by atoms with Crippen molar-refractivity contribution in [2.75, 3.05) is 12.0 Å². The molecule has 7 heteroatoms. The lowest BCUT2D eigenvalue weighted by molar-refractivity contribution is -0.133. The van der Waals surface area contributed by atoms with Crippen molar-refractivity contribution in [1.29, 1.82) is 0 Å². The summed E-state index contributed by atoms with van der Waals surface area (Å²) in [5.41, 5.74) is 2.06. The molecule has 0 spiro atoms. The van der Waals surface area contributed by atoms with Crippen molar-refractivity contribution in [2.45, 2.75) is 26.2 Å². The summed E-state index contributed by atoms with van der Waals surface area (Å²) in [6, 6.07) is 11.6. The number of hydrogen-bond acceptors (Lipinski definition) is 5. The van der Waals surface area contributed by atoms with Crippen LogP contribution in [-0.2, 0) is 20.8 Å². The summed E-state index contributed by atoms with van der Waals surface area (Å²) in [6.07, 6.45) is 3.12. The van der Waals surface area contributed by atoms with Gasteiger partial charge in [0, 0.05) is 5.02 Å². The Morgan fingerprint density at radius 3 is 2.52 bits per heavy atom. The molecule has 1 aliphatic heterocycles. The maximum absolute atomic E-state index is 13.1. The van der Waals surface area contributed by atoms with E-state index in [0.29, 0.717) is 23.6 Å². The summed E-state index contributed by atoms with van der Waals surface area (Å²) in [7, 11) is 1.57. The van der Waals surface area contributed by atoms with Gasteiger partial charge in [-0.3, -0.25) is 14.4 Å². The molecule has 4 rings (SSSR count). The fourth-order valence-electron chi connectivity index (χ4n) is 4.10. The number of nitrogens with zero attached hydrogens (tertiary/aromatic N) is 1. The second-order valence-corrected chi connectivity index (χ2v) is 8.26. The lowest BCUT2D eigenvalue weighted by atomic mass is 9.82. The molecule has 2 aromatic carbocycles. The summed E-state index contributed by atoms with van der Waals surface area (Å²) in [5, 5.41) is 0.342. The average molecular weight is 440 g/mol. The van der Waals surface area contributed by atoms with E-state index in [2.05, 4.69) is 0 Å². The Hall–Kier alpha value is -3.12. The quantitative estimate of drug-likeness (QED) is 0.300. The van der Waals surface area contributed by atoms with Crippen molar-refractivity contribution in [2.24, 2.45) is 11.8 Å². The Morgan fingerprint density at radius 2 is 1.81 bits per heavy atom. The number of carbonyl (C=O) groups excluding carboxylic acids is 3. The fourth-order valence-corrected chi connectivity index (χ4v) is 4.26. The van der Waals surface area contributed by atoms with E-state index < -0.39 is 11.9 Å². The van der Waals surface area contributed by atoms with Crippen LogP contribution in [0.2, 0.25) is 5.02 Å². The van der Waals surface area contributed by atoms with E-state index in [1.165, 1.54) is 12.1 Å². The largest absolute Gasteiger partial charge is 0.497 e. The van der Waals surface area contributed by atoms with Crippen LogP contribution in [0.4, 0.5) is 5.69 Å². The lowest BCUT2D eigenvalue weighted by Gasteiger charge is -2.19. The molecule has 1 saturated heterocycles. The highest BCUT2D eigenvalue weighted by atomic mass is 35.5. The van der Waals surface area contributed by atoms with Crippen molar-refractivity contribution in [3.63, 3.8) is 0 Å². The molecule has 0 aromatic heterocycles. The van der Waals surface area contributed by atoms with Crippen LogP contribution in [-0.4, -0.2) is 24.9 Å². The van der Waals surface area contributed by atoms with Gasteiger partial charge < -0.3 is 9.47 Å². The van der Waals surface area contributed by atoms with Crippen LogP contribution >= 0.6 is 11.6 Å². The molecule has 1 heterocycles. The van der Waals surface area contributed by atoms with E-state index >= 15 is 0 Å². The Labute approximate surface area is 185 Å². The first kappa shape index (κ1) is 21.1. The number of hydrogen-bond donors (Lipinski definition) is 0. The molecule has 1 aliphatic carbocycles. The van der Waals surface area contributed by atoms with Crippen molar-refractivity contribution in [1.82, 2.24) is 0 Å². The molecular weight excluding hydrogens is 418 g/mol. The van der Waals surface area contributed by atoms with Gasteiger partial charge in [0.1, 0.15) is 5.75 Å². The highest BCUT2D eigenvalue weighted by molar-refractivity contribution is 6.31. The number of esters is 1. The first-order valence-electron chi connectivity index (χ1n) is 10.0. The van der Waals surface area contributed by atoms with Crippen LogP contribution in [0.5, 0.6) is 11.5 Å². The summed E-state index contributed by atoms with van der Waals surface area (Å²) in [6.45, 7) is 1.96. The van der Waals surface area contributed by atoms with Gasteiger partial charge in [-0.1, -0.05) is 35.4 Å². The summed E-state index contributed by atoms with van der Waals surface area (Å²) < 4.78 is 10.7. The first-order chi connectivity index (χ1) is 14.9. The molecule has 0 radical (unpaired) electrons. The fraction of sp³-hybridized carbons (Fsp3) is 0.292. The molecule has 31 heavy (non-hydrogen) atoms. The number of methoxy groups -OCH3 is 1. The van der Waals surface area contributed by atoms with Crippen LogP contribution < -0.4 is 14.4 Å². The van der Waals surface area contributed by atoms with E-state index in [-0.39, 0.29) is 35.6 Å². The standard InChI is InChI=1S/C24H22ClNO5/c1-14-3-9-18-19(11-14)24(29)26(23(18)28)20-13-16(25)6-10-21(20)31-22(27)12-15-4-7-17(30-2)8-5-15/h3-8,10,13,18-19H,9,11-12H2,1-2H3. The number of imide groups is 1. The number of fused-ring (bicyclic) bond motifs is 1. The van der Waals surface area contributed by atoms with E-state index in [0.717, 1.165) is 16.0 Å². The summed E-state index contributed by atoms with van der Waals surface area (Å²) in [4.78, 5) is 39.8. The van der Waals surface area contributed by atoms with E-state index in [4.69, 9.17) is 21.1 Å². The summed E-state index contributed by atoms with van der Waals surface area (Å²) >= 11 is 6.15. The smallest absolute Gasteiger partial charge is 0.315 e. The predicted molar refractivity (Wildman–Crippen MR) is 116 cm³/mol. The monoisotopic (exact) mass is 439 g/mol. The minimum atomic E-state index is -0.511. The highest BCUT2D eigenvalue weighted by Crippen LogP contribution is 2.43. The zero-order valence-electron chi connectivity index (χ0n) is 17.3. The highest BCUT2D eigenvalue weighted by Gasteiger charge is 2.49. The van der Waals surface area contributed by atoms with Gasteiger partial charge in [0.15, 0.2) is 5.75 Å². The molecule has 2 atom stereocenters. The number of amides is 2. The van der Waals surface area contributed by atoms with Gasteiger partial charge in [-0.05, 0) is 55.7 Å². The Balaban J connectivity index is 1.57. The van der Waals surface area contributed by atoms with Crippen molar-refractivity contribution in [3.8, 4) is 11.5 Å². The Morgan fingerprint density at radius 1 is 1.10 bits per heavy atom. The number of halogens is 1. The van der Waals surface area contributed by atoms with Crippen LogP contribution in [0.1, 0.15) is 25.3 Å². The molecule has 0 bridgehead atoms. The van der Waals surface area contributed by atoms with Crippen LogP contribution in [0, 0.1) is 11.8 Å². The number of anilines is 1. The second-order valence-electron chi connectivity index (χ2n) is 7.83. The molecule has 2 aromatic rings. The minimum Gasteiger partial charge on any atom is -0.497 e. The number of allylic oxidation sites excluding steroid dienone is 2. The summed E-state index contributed by atoms with van der Waals surface area (Å²) in [5.74, 6) is -1.03. The van der Waals surface area contributed by atoms with Gasteiger partial charge in [-0.2, -0.15) is 0 Å². The van der Waals surface area contributed by atoms with Crippen molar-refractivity contribution >= 4 is 35.1 Å². The number of carbonyl (C=O) groups is 3. The SMILES string of the molecule is COc1ccc(CC(=O)Oc2ccc(Cl)cc2N2C(=O)C3CC=C(C)CC3C2=O)cc1. The van der Waals surface area contributed by atoms with Gasteiger partial charge >= 0.3 is 5.97 Å². The van der Waals surface area contributed by atoms with E-state index in [1.54, 1.807) is 37.4 Å². The average Bonchev–Trinajstić information content (AvgIpc) is 2.99. The third-order valence-electron chi connectivity index (χ3n) is 5.72. The van der Waals surface area contributed by atoms with Crippen LogP contribution in [0.3, 0.4) is 0 Å². The zero-order chi connectivity index (χ0) is 22.1. The molecule has 2 aliphatic rings. The van der Waals surface area contributed by atoms with Crippen molar-refractivity contribution < 1.29 is 23.9 Å². The van der Waals surface area contributed by atoms with Gasteiger partial charge in [-0.25, -0.2) is 4.90 Å². The minimum absolute atomic E-state index is 0.0301. The molecule has 2 unspecified atom stereocenters. The molecule has 160 valence electrons. The Kier molecular flexibility index (Phi) is 5.83. The number of benzene rings is 2. The lowest BCUT2D eigenvalue weighted by Crippen LogP contribution is -2.31. The van der Waals surface area contributed by atoms with Gasteiger partial charge in [0.2, 0.25) is 11.8 Å². The first-order valence-corrected chi connectivity index (χ1v) is 10.4. The maximum Gasteiger partial charge on any atom is 0.315 e. The molecular formula is C24H22ClNO5. The second kappa shape index (κ2) is 8.55. The van der Waals surface area contributed by atoms with Gasteiger partial charge in [0.05, 0.1) is 31.1 Å². The zero-order valence-corrected chi connectivity index (χ0v) is 18.0. The molecule has 0 saturated carbocycles. The van der Waals surface area contributed by atoms with Gasteiger partial charge in [-0.15, -0.1) is 0 Å². The molecule has 1 fully saturated rings. The Bertz CT molecular complexity index is 1080. The van der Waals surface area contributed by atoms with Crippen LogP contribution in [0.25, 0.3) is 0 Å². The van der Waals surface area contributed by atoms with E-state index in [1.807, 2.05) is 13.0 Å².